The predicted molar refractivity (Wildman–Crippen MR) is 95.6 cm³/mol. The number of carbonyl (C=O) groups is 2. The van der Waals surface area contributed by atoms with Crippen LogP contribution in [-0.2, 0) is 16.1 Å². The van der Waals surface area contributed by atoms with Crippen molar-refractivity contribution in [3.63, 3.8) is 0 Å². The zero-order valence-corrected chi connectivity index (χ0v) is 14.8. The zero-order chi connectivity index (χ0) is 17.6. The van der Waals surface area contributed by atoms with Gasteiger partial charge in [-0.05, 0) is 31.2 Å². The van der Waals surface area contributed by atoms with E-state index < -0.39 is 6.09 Å². The van der Waals surface area contributed by atoms with Crippen molar-refractivity contribution in [1.82, 2.24) is 10.6 Å². The average molecular weight is 334 g/mol. The van der Waals surface area contributed by atoms with Crippen LogP contribution in [0.4, 0.5) is 4.79 Å². The van der Waals surface area contributed by atoms with Crippen LogP contribution in [0.2, 0.25) is 0 Å². The minimum atomic E-state index is -0.398. The summed E-state index contributed by atoms with van der Waals surface area (Å²) in [5, 5.41) is 5.76. The molecule has 5 nitrogen and oxygen atoms in total. The van der Waals surface area contributed by atoms with Gasteiger partial charge >= 0.3 is 6.09 Å². The van der Waals surface area contributed by atoms with Gasteiger partial charge in [0.1, 0.15) is 6.61 Å². The van der Waals surface area contributed by atoms with Crippen molar-refractivity contribution in [3.05, 3.63) is 35.9 Å². The second kappa shape index (κ2) is 12.4. The first-order chi connectivity index (χ1) is 11.7. The van der Waals surface area contributed by atoms with Gasteiger partial charge in [0.15, 0.2) is 0 Å². The largest absolute Gasteiger partial charge is 0.445 e. The molecule has 1 rings (SSSR count). The lowest BCUT2D eigenvalue weighted by Crippen LogP contribution is -2.33. The Labute approximate surface area is 145 Å². The third-order valence-corrected chi connectivity index (χ3v) is 3.91. The lowest BCUT2D eigenvalue weighted by atomic mass is 10.1. The number of carbonyl (C=O) groups excluding carboxylic acids is 2. The Kier molecular flexibility index (Phi) is 10.3. The first kappa shape index (κ1) is 20.0. The summed E-state index contributed by atoms with van der Waals surface area (Å²) in [6.45, 7) is 5.01. The van der Waals surface area contributed by atoms with E-state index in [0.717, 1.165) is 37.7 Å². The summed E-state index contributed by atoms with van der Waals surface area (Å²) in [6.07, 6.45) is 4.69. The Morgan fingerprint density at radius 2 is 1.75 bits per heavy atom. The van der Waals surface area contributed by atoms with Crippen molar-refractivity contribution in [2.24, 2.45) is 0 Å². The highest BCUT2D eigenvalue weighted by Crippen LogP contribution is 2.03. The fraction of sp³-hybridized carbons (Fsp3) is 0.579. The molecule has 0 saturated carbocycles. The molecule has 134 valence electrons. The van der Waals surface area contributed by atoms with Crippen LogP contribution >= 0.6 is 0 Å². The lowest BCUT2D eigenvalue weighted by molar-refractivity contribution is -0.122. The molecule has 0 spiro atoms. The summed E-state index contributed by atoms with van der Waals surface area (Å²) in [6, 6.07) is 9.87. The topological polar surface area (TPSA) is 67.4 Å². The SMILES string of the molecule is CCC(CC)NC(=O)CCCCCNC(=O)OCc1ccccc1. The van der Waals surface area contributed by atoms with Crippen molar-refractivity contribution in [2.75, 3.05) is 6.54 Å². The molecule has 0 unspecified atom stereocenters. The number of hydrogen-bond acceptors (Lipinski definition) is 3. The van der Waals surface area contributed by atoms with Crippen LogP contribution in [0.15, 0.2) is 30.3 Å². The van der Waals surface area contributed by atoms with Gasteiger partial charge in [0.05, 0.1) is 0 Å². The minimum Gasteiger partial charge on any atom is -0.445 e. The van der Waals surface area contributed by atoms with Gasteiger partial charge in [0.2, 0.25) is 5.91 Å². The van der Waals surface area contributed by atoms with Crippen molar-refractivity contribution in [3.8, 4) is 0 Å². The molecule has 0 radical (unpaired) electrons. The maximum atomic E-state index is 11.7. The molecule has 1 aromatic rings. The molecule has 0 saturated heterocycles. The highest BCUT2D eigenvalue weighted by atomic mass is 16.5. The molecule has 1 aromatic carbocycles. The highest BCUT2D eigenvalue weighted by molar-refractivity contribution is 5.76. The fourth-order valence-corrected chi connectivity index (χ4v) is 2.34. The molecule has 0 atom stereocenters. The van der Waals surface area contributed by atoms with E-state index >= 15 is 0 Å². The number of amides is 2. The molecule has 5 heteroatoms. The summed E-state index contributed by atoms with van der Waals surface area (Å²) in [5.41, 5.74) is 0.969. The van der Waals surface area contributed by atoms with Crippen molar-refractivity contribution in [1.29, 1.82) is 0 Å². The zero-order valence-electron chi connectivity index (χ0n) is 14.8. The van der Waals surface area contributed by atoms with E-state index in [0.29, 0.717) is 19.0 Å². The minimum absolute atomic E-state index is 0.124. The fourth-order valence-electron chi connectivity index (χ4n) is 2.34. The van der Waals surface area contributed by atoms with Gasteiger partial charge in [-0.15, -0.1) is 0 Å². The number of ether oxygens (including phenoxy) is 1. The standard InChI is InChI=1S/C19H30N2O3/c1-3-17(4-2)21-18(22)13-9-6-10-14-20-19(23)24-15-16-11-7-5-8-12-16/h5,7-8,11-12,17H,3-4,6,9-10,13-15H2,1-2H3,(H,20,23)(H,21,22). The Morgan fingerprint density at radius 3 is 2.42 bits per heavy atom. The van der Waals surface area contributed by atoms with Crippen LogP contribution in [0.1, 0.15) is 57.9 Å². The molecule has 0 bridgehead atoms. The van der Waals surface area contributed by atoms with Gasteiger partial charge in [-0.3, -0.25) is 4.79 Å². The summed E-state index contributed by atoms with van der Waals surface area (Å²) >= 11 is 0. The van der Waals surface area contributed by atoms with Gasteiger partial charge in [0, 0.05) is 19.0 Å². The van der Waals surface area contributed by atoms with E-state index in [1.807, 2.05) is 30.3 Å². The number of nitrogens with one attached hydrogen (secondary N) is 2. The summed E-state index contributed by atoms with van der Waals surface area (Å²) in [4.78, 5) is 23.3. The number of alkyl carbamates (subject to hydrolysis) is 1. The van der Waals surface area contributed by atoms with Crippen LogP contribution in [-0.4, -0.2) is 24.6 Å². The van der Waals surface area contributed by atoms with Crippen LogP contribution in [0.25, 0.3) is 0 Å². The molecule has 0 aromatic heterocycles. The van der Waals surface area contributed by atoms with Gasteiger partial charge < -0.3 is 15.4 Å². The van der Waals surface area contributed by atoms with Crippen LogP contribution in [0.5, 0.6) is 0 Å². The van der Waals surface area contributed by atoms with E-state index in [1.165, 1.54) is 0 Å². The van der Waals surface area contributed by atoms with Crippen LogP contribution in [0.3, 0.4) is 0 Å². The number of hydrogen-bond donors (Lipinski definition) is 2. The number of rotatable bonds is 11. The Hall–Kier alpha value is -2.04. The van der Waals surface area contributed by atoms with E-state index in [1.54, 1.807) is 0 Å². The molecule has 2 N–H and O–H groups in total. The quantitative estimate of drug-likeness (QED) is 0.605. The molecule has 0 aliphatic heterocycles. The highest BCUT2D eigenvalue weighted by Gasteiger charge is 2.07. The van der Waals surface area contributed by atoms with E-state index in [-0.39, 0.29) is 12.5 Å². The van der Waals surface area contributed by atoms with E-state index in [9.17, 15) is 9.59 Å². The van der Waals surface area contributed by atoms with Crippen molar-refractivity contribution < 1.29 is 14.3 Å². The first-order valence-corrected chi connectivity index (χ1v) is 8.89. The van der Waals surface area contributed by atoms with Crippen molar-refractivity contribution >= 4 is 12.0 Å². The summed E-state index contributed by atoms with van der Waals surface area (Å²) in [7, 11) is 0. The van der Waals surface area contributed by atoms with E-state index in [2.05, 4.69) is 24.5 Å². The van der Waals surface area contributed by atoms with Gasteiger partial charge in [0.25, 0.3) is 0 Å². The predicted octanol–water partition coefficient (Wildman–Crippen LogP) is 3.78. The number of benzene rings is 1. The van der Waals surface area contributed by atoms with Gasteiger partial charge in [-0.25, -0.2) is 4.79 Å². The third-order valence-electron chi connectivity index (χ3n) is 3.91. The van der Waals surface area contributed by atoms with Crippen molar-refractivity contribution in [2.45, 2.75) is 65.0 Å². The Morgan fingerprint density at radius 1 is 1.04 bits per heavy atom. The molecular formula is C19H30N2O3. The molecule has 0 aliphatic rings. The summed E-state index contributed by atoms with van der Waals surface area (Å²) in [5.74, 6) is 0.124. The summed E-state index contributed by atoms with van der Waals surface area (Å²) < 4.78 is 5.13. The normalized spacial score (nSPS) is 10.5. The second-order valence-corrected chi connectivity index (χ2v) is 5.88. The molecule has 24 heavy (non-hydrogen) atoms. The second-order valence-electron chi connectivity index (χ2n) is 5.88. The smallest absolute Gasteiger partial charge is 0.407 e. The van der Waals surface area contributed by atoms with E-state index in [4.69, 9.17) is 4.74 Å². The maximum Gasteiger partial charge on any atom is 0.407 e. The first-order valence-electron chi connectivity index (χ1n) is 8.89. The van der Waals surface area contributed by atoms with Crippen LogP contribution < -0.4 is 10.6 Å². The van der Waals surface area contributed by atoms with Crippen LogP contribution in [0, 0.1) is 0 Å². The molecule has 0 fully saturated rings. The Bertz CT molecular complexity index is 473. The maximum absolute atomic E-state index is 11.7. The van der Waals surface area contributed by atoms with Gasteiger partial charge in [-0.2, -0.15) is 0 Å². The molecule has 0 heterocycles. The third kappa shape index (κ3) is 9.18. The molecular weight excluding hydrogens is 304 g/mol. The molecule has 2 amide bonds. The van der Waals surface area contributed by atoms with Gasteiger partial charge in [-0.1, -0.05) is 50.6 Å². The monoisotopic (exact) mass is 334 g/mol. The number of unbranched alkanes of at least 4 members (excludes halogenated alkanes) is 2. The lowest BCUT2D eigenvalue weighted by Gasteiger charge is -2.14. The average Bonchev–Trinajstić information content (AvgIpc) is 2.61. The Balaban J connectivity index is 1.99. The molecule has 0 aliphatic carbocycles.